The molecule has 0 aliphatic rings. The van der Waals surface area contributed by atoms with Gasteiger partial charge in [0.05, 0.1) is 19.6 Å². The summed E-state index contributed by atoms with van der Waals surface area (Å²) in [6.07, 6.45) is 0.325. The second kappa shape index (κ2) is 7.79. The Kier molecular flexibility index (Phi) is 5.29. The minimum atomic E-state index is -0.121. The van der Waals surface area contributed by atoms with Crippen LogP contribution in [0.15, 0.2) is 72.1 Å². The molecular weight excluding hydrogens is 318 g/mol. The Labute approximate surface area is 145 Å². The van der Waals surface area contributed by atoms with Crippen LogP contribution in [0.5, 0.6) is 5.75 Å². The molecule has 4 heteroatoms. The highest BCUT2D eigenvalue weighted by Crippen LogP contribution is 2.26. The van der Waals surface area contributed by atoms with Gasteiger partial charge in [0.2, 0.25) is 5.91 Å². The Bertz CT molecular complexity index is 784. The lowest BCUT2D eigenvalue weighted by Gasteiger charge is -2.18. The van der Waals surface area contributed by atoms with Gasteiger partial charge in [-0.2, -0.15) is 0 Å². The zero-order chi connectivity index (χ0) is 16.8. The van der Waals surface area contributed by atoms with Crippen LogP contribution in [0.4, 0.5) is 0 Å². The zero-order valence-corrected chi connectivity index (χ0v) is 14.3. The maximum Gasteiger partial charge on any atom is 0.225 e. The third-order valence-corrected chi connectivity index (χ3v) is 4.70. The average Bonchev–Trinajstić information content (AvgIpc) is 3.15. The minimum absolute atomic E-state index is 0.00879. The van der Waals surface area contributed by atoms with Crippen LogP contribution < -0.4 is 10.1 Å². The molecule has 3 aromatic rings. The number of benzene rings is 2. The fourth-order valence-corrected chi connectivity index (χ4v) is 3.40. The predicted molar refractivity (Wildman–Crippen MR) is 97.4 cm³/mol. The van der Waals surface area contributed by atoms with Crippen molar-refractivity contribution in [3.05, 3.63) is 88.1 Å². The molecule has 122 valence electrons. The molecule has 1 atom stereocenters. The Balaban J connectivity index is 1.76. The first-order valence-electron chi connectivity index (χ1n) is 7.77. The van der Waals surface area contributed by atoms with Gasteiger partial charge in [0, 0.05) is 4.88 Å². The number of ether oxygens (including phenoxy) is 1. The molecule has 24 heavy (non-hydrogen) atoms. The molecule has 0 aliphatic carbocycles. The molecule has 0 saturated carbocycles. The Morgan fingerprint density at radius 1 is 1.08 bits per heavy atom. The van der Waals surface area contributed by atoms with Crippen molar-refractivity contribution in [3.63, 3.8) is 0 Å². The van der Waals surface area contributed by atoms with E-state index < -0.39 is 0 Å². The second-order valence-corrected chi connectivity index (χ2v) is 6.43. The van der Waals surface area contributed by atoms with E-state index in [0.717, 1.165) is 21.8 Å². The van der Waals surface area contributed by atoms with Crippen LogP contribution in [0.1, 0.15) is 22.0 Å². The second-order valence-electron chi connectivity index (χ2n) is 5.45. The number of carbonyl (C=O) groups is 1. The summed E-state index contributed by atoms with van der Waals surface area (Å²) < 4.78 is 5.22. The van der Waals surface area contributed by atoms with Gasteiger partial charge < -0.3 is 10.1 Å². The Hall–Kier alpha value is -2.59. The van der Waals surface area contributed by atoms with Crippen LogP contribution in [0.3, 0.4) is 0 Å². The number of methoxy groups -OCH3 is 1. The molecule has 1 N–H and O–H groups in total. The largest absolute Gasteiger partial charge is 0.497 e. The van der Waals surface area contributed by atoms with Crippen LogP contribution in [0, 0.1) is 0 Å². The van der Waals surface area contributed by atoms with E-state index in [-0.39, 0.29) is 11.9 Å². The first-order valence-corrected chi connectivity index (χ1v) is 8.65. The number of rotatable bonds is 6. The van der Waals surface area contributed by atoms with E-state index >= 15 is 0 Å². The van der Waals surface area contributed by atoms with Gasteiger partial charge in [-0.05, 0) is 34.7 Å². The van der Waals surface area contributed by atoms with Crippen molar-refractivity contribution in [3.8, 4) is 5.75 Å². The van der Waals surface area contributed by atoms with E-state index in [1.54, 1.807) is 18.4 Å². The summed E-state index contributed by atoms with van der Waals surface area (Å²) in [6, 6.07) is 21.6. The lowest BCUT2D eigenvalue weighted by molar-refractivity contribution is -0.120. The first kappa shape index (κ1) is 16.3. The van der Waals surface area contributed by atoms with E-state index in [9.17, 15) is 4.79 Å². The number of hydrogen-bond donors (Lipinski definition) is 1. The van der Waals surface area contributed by atoms with E-state index in [0.29, 0.717) is 6.42 Å². The average molecular weight is 337 g/mol. The van der Waals surface area contributed by atoms with Gasteiger partial charge in [-0.1, -0.05) is 48.5 Å². The molecule has 1 amide bonds. The third-order valence-electron chi connectivity index (χ3n) is 3.76. The molecule has 3 nitrogen and oxygen atoms in total. The van der Waals surface area contributed by atoms with Crippen LogP contribution in [-0.4, -0.2) is 13.0 Å². The van der Waals surface area contributed by atoms with Crippen LogP contribution in [-0.2, 0) is 11.2 Å². The highest BCUT2D eigenvalue weighted by molar-refractivity contribution is 7.10. The monoisotopic (exact) mass is 337 g/mol. The molecule has 0 spiro atoms. The van der Waals surface area contributed by atoms with Crippen LogP contribution in [0.25, 0.3) is 0 Å². The summed E-state index contributed by atoms with van der Waals surface area (Å²) in [5.41, 5.74) is 2.02. The maximum absolute atomic E-state index is 12.5. The molecule has 0 fully saturated rings. The van der Waals surface area contributed by atoms with Crippen molar-refractivity contribution in [1.29, 1.82) is 0 Å². The summed E-state index contributed by atoms with van der Waals surface area (Å²) in [5.74, 6) is 0.753. The number of hydrogen-bond acceptors (Lipinski definition) is 3. The Morgan fingerprint density at radius 3 is 2.62 bits per heavy atom. The van der Waals surface area contributed by atoms with Crippen molar-refractivity contribution in [2.45, 2.75) is 12.5 Å². The van der Waals surface area contributed by atoms with E-state index in [4.69, 9.17) is 4.74 Å². The normalized spacial score (nSPS) is 11.7. The lowest BCUT2D eigenvalue weighted by Crippen LogP contribution is -2.30. The molecule has 0 radical (unpaired) electrons. The van der Waals surface area contributed by atoms with Crippen molar-refractivity contribution in [2.24, 2.45) is 0 Å². The highest BCUT2D eigenvalue weighted by Gasteiger charge is 2.17. The van der Waals surface area contributed by atoms with Gasteiger partial charge in [-0.3, -0.25) is 4.79 Å². The summed E-state index contributed by atoms with van der Waals surface area (Å²) in [6.45, 7) is 0. The van der Waals surface area contributed by atoms with E-state index in [1.807, 2.05) is 72.1 Å². The van der Waals surface area contributed by atoms with Gasteiger partial charge in [0.15, 0.2) is 0 Å². The molecular formula is C20H19NO2S. The standard InChI is InChI=1S/C20H19NO2S/c1-23-17-10-5-7-15(13-17)14-19(22)21-20(18-11-6-12-24-18)16-8-3-2-4-9-16/h2-13,20H,14H2,1H3,(H,21,22)/t20-/m1/s1. The van der Waals surface area contributed by atoms with Gasteiger partial charge in [0.25, 0.3) is 0 Å². The quantitative estimate of drug-likeness (QED) is 0.732. The van der Waals surface area contributed by atoms with Crippen molar-refractivity contribution in [2.75, 3.05) is 7.11 Å². The van der Waals surface area contributed by atoms with Gasteiger partial charge >= 0.3 is 0 Å². The molecule has 3 rings (SSSR count). The van der Waals surface area contributed by atoms with Crippen molar-refractivity contribution >= 4 is 17.2 Å². The third kappa shape index (κ3) is 4.03. The summed E-state index contributed by atoms with van der Waals surface area (Å²) in [4.78, 5) is 13.7. The molecule has 0 bridgehead atoms. The number of carbonyl (C=O) groups excluding carboxylic acids is 1. The first-order chi connectivity index (χ1) is 11.8. The highest BCUT2D eigenvalue weighted by atomic mass is 32.1. The van der Waals surface area contributed by atoms with E-state index in [1.165, 1.54) is 0 Å². The van der Waals surface area contributed by atoms with Crippen molar-refractivity contribution in [1.82, 2.24) is 5.32 Å². The Morgan fingerprint density at radius 2 is 1.92 bits per heavy atom. The molecule has 0 aliphatic heterocycles. The number of nitrogens with one attached hydrogen (secondary N) is 1. The van der Waals surface area contributed by atoms with Gasteiger partial charge in [-0.25, -0.2) is 0 Å². The van der Waals surface area contributed by atoms with Crippen molar-refractivity contribution < 1.29 is 9.53 Å². The van der Waals surface area contributed by atoms with E-state index in [2.05, 4.69) is 5.32 Å². The van der Waals surface area contributed by atoms with Crippen LogP contribution in [0.2, 0.25) is 0 Å². The maximum atomic E-state index is 12.5. The summed E-state index contributed by atoms with van der Waals surface area (Å²) in [5, 5.41) is 5.18. The summed E-state index contributed by atoms with van der Waals surface area (Å²) in [7, 11) is 1.63. The van der Waals surface area contributed by atoms with Gasteiger partial charge in [0.1, 0.15) is 5.75 Å². The van der Waals surface area contributed by atoms with Gasteiger partial charge in [-0.15, -0.1) is 11.3 Å². The summed E-state index contributed by atoms with van der Waals surface area (Å²) >= 11 is 1.65. The number of thiophene rings is 1. The predicted octanol–water partition coefficient (Wildman–Crippen LogP) is 4.21. The number of amides is 1. The fourth-order valence-electron chi connectivity index (χ4n) is 2.60. The lowest BCUT2D eigenvalue weighted by atomic mass is 10.0. The molecule has 0 unspecified atom stereocenters. The zero-order valence-electron chi connectivity index (χ0n) is 13.4. The molecule has 1 heterocycles. The smallest absolute Gasteiger partial charge is 0.225 e. The van der Waals surface area contributed by atoms with Crippen LogP contribution >= 0.6 is 11.3 Å². The molecule has 1 aromatic heterocycles. The SMILES string of the molecule is COc1cccc(CC(=O)N[C@H](c2ccccc2)c2cccs2)c1. The fraction of sp³-hybridized carbons (Fsp3) is 0.150. The molecule has 0 saturated heterocycles. The molecule has 2 aromatic carbocycles. The minimum Gasteiger partial charge on any atom is -0.497 e. The topological polar surface area (TPSA) is 38.3 Å².